The number of nitrogens with one attached hydrogen (secondary N) is 2. The van der Waals surface area contributed by atoms with Crippen LogP contribution in [0.15, 0.2) is 52.1 Å². The first-order valence-electron chi connectivity index (χ1n) is 13.4. The Hall–Kier alpha value is -3.93. The van der Waals surface area contributed by atoms with Gasteiger partial charge < -0.3 is 25.0 Å². The maximum Gasteiger partial charge on any atom is 0.260 e. The molecule has 1 unspecified atom stereocenters. The highest BCUT2D eigenvalue weighted by Crippen LogP contribution is 2.43. The van der Waals surface area contributed by atoms with Crippen molar-refractivity contribution in [2.75, 3.05) is 36.9 Å². The number of carbonyl (C=O) groups is 2. The number of carbonyl (C=O) groups excluding carboxylic acids is 2. The molecule has 0 saturated carbocycles. The van der Waals surface area contributed by atoms with E-state index in [1.54, 1.807) is 4.68 Å². The lowest BCUT2D eigenvalue weighted by Gasteiger charge is -2.29. The Kier molecular flexibility index (Phi) is 8.34. The highest BCUT2D eigenvalue weighted by Gasteiger charge is 2.35. The number of fused-ring (bicyclic) bond motifs is 1. The summed E-state index contributed by atoms with van der Waals surface area (Å²) in [6.07, 6.45) is 3.16. The van der Waals surface area contributed by atoms with Crippen molar-refractivity contribution in [3.05, 3.63) is 63.3 Å². The Morgan fingerprint density at radius 1 is 1.12 bits per heavy atom. The molecule has 1 aromatic heterocycles. The number of rotatable bonds is 8. The molecule has 210 valence electrons. The Morgan fingerprint density at radius 3 is 2.67 bits per heavy atom. The molecule has 5 rings (SSSR count). The summed E-state index contributed by atoms with van der Waals surface area (Å²) in [6.45, 7) is 7.45. The smallest absolute Gasteiger partial charge is 0.260 e. The first kappa shape index (κ1) is 27.6. The third-order valence-electron chi connectivity index (χ3n) is 6.93. The highest BCUT2D eigenvalue weighted by atomic mass is 79.9. The van der Waals surface area contributed by atoms with Crippen molar-refractivity contribution < 1.29 is 19.1 Å². The predicted octanol–water partition coefficient (Wildman–Crippen LogP) is 4.46. The molecule has 2 aliphatic rings. The standard InChI is InChI=1S/C28H32BrN7O4/c1-4-39-22-15-19(14-21(29)26(22)40-16-23(37)35-11-6-5-7-12-35)25-24(18(3)30-28-32-33-34-36(25)28)27(38)31-20-10-8-9-17(2)13-20/h8-10,13-15,25H,4-7,11-12,16H2,1-3H3,(H,31,38)(H,30,32,34). The number of anilines is 2. The van der Waals surface area contributed by atoms with Crippen LogP contribution in [0.5, 0.6) is 11.5 Å². The first-order valence-corrected chi connectivity index (χ1v) is 14.2. The fourth-order valence-electron chi connectivity index (χ4n) is 5.05. The molecule has 1 fully saturated rings. The van der Waals surface area contributed by atoms with Gasteiger partial charge in [-0.05, 0) is 102 Å². The van der Waals surface area contributed by atoms with E-state index >= 15 is 0 Å². The molecule has 12 heteroatoms. The van der Waals surface area contributed by atoms with Crippen LogP contribution in [0, 0.1) is 6.92 Å². The fraction of sp³-hybridized carbons (Fsp3) is 0.393. The van der Waals surface area contributed by atoms with Crippen LogP contribution in [0.25, 0.3) is 0 Å². The zero-order chi connectivity index (χ0) is 28.2. The van der Waals surface area contributed by atoms with Gasteiger partial charge in [0.2, 0.25) is 5.95 Å². The predicted molar refractivity (Wildman–Crippen MR) is 153 cm³/mol. The average molecular weight is 611 g/mol. The molecule has 0 radical (unpaired) electrons. The second-order valence-corrected chi connectivity index (χ2v) is 10.7. The van der Waals surface area contributed by atoms with Crippen molar-refractivity contribution in [2.24, 2.45) is 0 Å². The summed E-state index contributed by atoms with van der Waals surface area (Å²) >= 11 is 3.62. The van der Waals surface area contributed by atoms with Gasteiger partial charge in [-0.2, -0.15) is 4.68 Å². The molecule has 2 aliphatic heterocycles. The summed E-state index contributed by atoms with van der Waals surface area (Å²) in [7, 11) is 0. The topological polar surface area (TPSA) is 124 Å². The van der Waals surface area contributed by atoms with Crippen LogP contribution >= 0.6 is 15.9 Å². The van der Waals surface area contributed by atoms with Crippen molar-refractivity contribution >= 4 is 39.4 Å². The number of likely N-dealkylation sites (tertiary alicyclic amines) is 1. The van der Waals surface area contributed by atoms with Crippen LogP contribution in [-0.2, 0) is 9.59 Å². The number of piperidine rings is 1. The third kappa shape index (κ3) is 5.81. The molecule has 0 aliphatic carbocycles. The van der Waals surface area contributed by atoms with E-state index in [1.165, 1.54) is 0 Å². The van der Waals surface area contributed by atoms with E-state index in [0.29, 0.717) is 51.0 Å². The number of allylic oxidation sites excluding steroid dienone is 1. The number of amides is 2. The molecule has 11 nitrogen and oxygen atoms in total. The first-order chi connectivity index (χ1) is 19.4. The molecule has 2 aromatic carbocycles. The van der Waals surface area contributed by atoms with Crippen LogP contribution in [0.4, 0.5) is 11.6 Å². The van der Waals surface area contributed by atoms with E-state index in [-0.39, 0.29) is 18.4 Å². The quantitative estimate of drug-likeness (QED) is 0.383. The number of ether oxygens (including phenoxy) is 2. The summed E-state index contributed by atoms with van der Waals surface area (Å²) in [5, 5.41) is 18.2. The normalized spacial score (nSPS) is 16.7. The van der Waals surface area contributed by atoms with Crippen molar-refractivity contribution in [1.82, 2.24) is 25.1 Å². The lowest BCUT2D eigenvalue weighted by Crippen LogP contribution is -2.38. The maximum atomic E-state index is 13.7. The summed E-state index contributed by atoms with van der Waals surface area (Å²) in [5.74, 6) is 0.943. The third-order valence-corrected chi connectivity index (χ3v) is 7.52. The summed E-state index contributed by atoms with van der Waals surface area (Å²) < 4.78 is 14.1. The SMILES string of the molecule is CCOc1cc(C2C(C(=O)Nc3cccc(C)c3)=C(C)Nc3nnnn32)cc(Br)c1OCC(=O)N1CCCCC1. The summed E-state index contributed by atoms with van der Waals surface area (Å²) in [6, 6.07) is 10.6. The minimum absolute atomic E-state index is 0.0523. The van der Waals surface area contributed by atoms with Crippen molar-refractivity contribution in [3.8, 4) is 11.5 Å². The molecule has 2 amide bonds. The number of halogens is 1. The minimum atomic E-state index is -0.657. The van der Waals surface area contributed by atoms with E-state index in [1.807, 2.05) is 62.1 Å². The number of aromatic nitrogens is 4. The zero-order valence-electron chi connectivity index (χ0n) is 22.7. The number of nitrogens with zero attached hydrogens (tertiary/aromatic N) is 5. The van der Waals surface area contributed by atoms with E-state index < -0.39 is 6.04 Å². The van der Waals surface area contributed by atoms with Crippen LogP contribution in [0.3, 0.4) is 0 Å². The van der Waals surface area contributed by atoms with Gasteiger partial charge in [0.25, 0.3) is 11.8 Å². The van der Waals surface area contributed by atoms with Crippen LogP contribution in [-0.4, -0.2) is 63.2 Å². The van der Waals surface area contributed by atoms with E-state index in [2.05, 4.69) is 42.1 Å². The van der Waals surface area contributed by atoms with Crippen LogP contribution < -0.4 is 20.1 Å². The van der Waals surface area contributed by atoms with E-state index in [9.17, 15) is 9.59 Å². The van der Waals surface area contributed by atoms with Crippen molar-refractivity contribution in [1.29, 1.82) is 0 Å². The highest BCUT2D eigenvalue weighted by molar-refractivity contribution is 9.10. The summed E-state index contributed by atoms with van der Waals surface area (Å²) in [4.78, 5) is 28.3. The van der Waals surface area contributed by atoms with Gasteiger partial charge in [0.15, 0.2) is 18.1 Å². The Balaban J connectivity index is 1.48. The molecule has 3 heterocycles. The average Bonchev–Trinajstić information content (AvgIpc) is 3.40. The minimum Gasteiger partial charge on any atom is -0.490 e. The molecular formula is C28H32BrN7O4. The maximum absolute atomic E-state index is 13.7. The number of aryl methyl sites for hydroxylation is 1. The molecule has 40 heavy (non-hydrogen) atoms. The van der Waals surface area contributed by atoms with Gasteiger partial charge in [-0.1, -0.05) is 17.2 Å². The Bertz CT molecular complexity index is 1450. The number of benzene rings is 2. The van der Waals surface area contributed by atoms with Gasteiger partial charge in [0.05, 0.1) is 16.7 Å². The number of hydrogen-bond acceptors (Lipinski definition) is 8. The largest absolute Gasteiger partial charge is 0.490 e. The number of tetrazole rings is 1. The van der Waals surface area contributed by atoms with Gasteiger partial charge in [-0.3, -0.25) is 9.59 Å². The van der Waals surface area contributed by atoms with Crippen molar-refractivity contribution in [2.45, 2.75) is 46.1 Å². The zero-order valence-corrected chi connectivity index (χ0v) is 24.3. The second-order valence-electron chi connectivity index (χ2n) is 9.83. The summed E-state index contributed by atoms with van der Waals surface area (Å²) in [5.41, 5.74) is 3.49. The number of hydrogen-bond donors (Lipinski definition) is 2. The molecule has 0 spiro atoms. The van der Waals surface area contributed by atoms with Crippen molar-refractivity contribution in [3.63, 3.8) is 0 Å². The van der Waals surface area contributed by atoms with E-state index in [4.69, 9.17) is 9.47 Å². The lowest BCUT2D eigenvalue weighted by molar-refractivity contribution is -0.134. The van der Waals surface area contributed by atoms with Crippen LogP contribution in [0.1, 0.15) is 50.3 Å². The molecule has 0 bridgehead atoms. The molecule has 2 N–H and O–H groups in total. The second kappa shape index (κ2) is 12.1. The van der Waals surface area contributed by atoms with Gasteiger partial charge in [-0.15, -0.1) is 0 Å². The Labute approximate surface area is 241 Å². The van der Waals surface area contributed by atoms with Crippen LogP contribution in [0.2, 0.25) is 0 Å². The molecule has 3 aromatic rings. The monoisotopic (exact) mass is 609 g/mol. The lowest BCUT2D eigenvalue weighted by atomic mass is 9.94. The van der Waals surface area contributed by atoms with E-state index in [0.717, 1.165) is 37.9 Å². The Morgan fingerprint density at radius 2 is 1.93 bits per heavy atom. The van der Waals surface area contributed by atoms with Gasteiger partial charge in [-0.25, -0.2) is 0 Å². The fourth-order valence-corrected chi connectivity index (χ4v) is 5.63. The molecule has 1 saturated heterocycles. The molecule has 1 atom stereocenters. The van der Waals surface area contributed by atoms with Gasteiger partial charge in [0, 0.05) is 24.5 Å². The molecular weight excluding hydrogens is 578 g/mol. The van der Waals surface area contributed by atoms with Gasteiger partial charge >= 0.3 is 0 Å². The van der Waals surface area contributed by atoms with Gasteiger partial charge in [0.1, 0.15) is 6.04 Å².